The lowest BCUT2D eigenvalue weighted by Gasteiger charge is -2.14. The minimum Gasteiger partial charge on any atom is -0.392 e. The zero-order valence-corrected chi connectivity index (χ0v) is 11.5. The van der Waals surface area contributed by atoms with Crippen molar-refractivity contribution in [1.29, 1.82) is 0 Å². The number of rotatable bonds is 5. The van der Waals surface area contributed by atoms with Crippen LogP contribution in [-0.4, -0.2) is 22.7 Å². The summed E-state index contributed by atoms with van der Waals surface area (Å²) in [6, 6.07) is 7.96. The molecule has 0 aliphatic rings. The Morgan fingerprint density at radius 3 is 2.72 bits per heavy atom. The molecule has 1 aromatic heterocycles. The number of aliphatic hydroxyl groups excluding tert-OH is 1. The fourth-order valence-electron chi connectivity index (χ4n) is 1.87. The second kappa shape index (κ2) is 5.74. The maximum atomic E-state index is 9.71. The van der Waals surface area contributed by atoms with Crippen molar-refractivity contribution in [3.8, 4) is 0 Å². The molecule has 18 heavy (non-hydrogen) atoms. The van der Waals surface area contributed by atoms with E-state index in [1.807, 2.05) is 38.1 Å². The number of fused-ring (bicyclic) bond motifs is 1. The lowest BCUT2D eigenvalue weighted by molar-refractivity contribution is 0.123. The molecule has 0 aliphatic heterocycles. The van der Waals surface area contributed by atoms with E-state index in [9.17, 15) is 5.11 Å². The average Bonchev–Trinajstić information content (AvgIpc) is 2.67. The van der Waals surface area contributed by atoms with E-state index in [1.165, 1.54) is 0 Å². The van der Waals surface area contributed by atoms with Crippen LogP contribution in [0.5, 0.6) is 0 Å². The van der Waals surface area contributed by atoms with Crippen LogP contribution in [0.2, 0.25) is 5.02 Å². The van der Waals surface area contributed by atoms with Crippen LogP contribution in [0, 0.1) is 5.92 Å². The van der Waals surface area contributed by atoms with E-state index in [0.717, 1.165) is 21.6 Å². The van der Waals surface area contributed by atoms with Gasteiger partial charge in [0.25, 0.3) is 0 Å². The molecule has 2 rings (SSSR count). The Morgan fingerprint density at radius 2 is 2.06 bits per heavy atom. The summed E-state index contributed by atoms with van der Waals surface area (Å²) in [5.74, 6) is 0.260. The van der Waals surface area contributed by atoms with Gasteiger partial charge in [-0.2, -0.15) is 0 Å². The standard InChI is InChI=1S/C14H19ClN2O/c1-9(2)13(18)8-16-7-12-14(15)10-5-3-4-6-11(10)17-12/h3-6,9,13,16-18H,7-8H2,1-2H3. The van der Waals surface area contributed by atoms with E-state index in [-0.39, 0.29) is 12.0 Å². The Balaban J connectivity index is 2.02. The van der Waals surface area contributed by atoms with Gasteiger partial charge in [-0.25, -0.2) is 0 Å². The first-order chi connectivity index (χ1) is 8.59. The summed E-state index contributed by atoms with van der Waals surface area (Å²) < 4.78 is 0. The van der Waals surface area contributed by atoms with Gasteiger partial charge in [0, 0.05) is 29.7 Å². The van der Waals surface area contributed by atoms with E-state index in [4.69, 9.17) is 11.6 Å². The van der Waals surface area contributed by atoms with Crippen LogP contribution in [0.25, 0.3) is 10.9 Å². The van der Waals surface area contributed by atoms with Crippen molar-refractivity contribution >= 4 is 22.5 Å². The zero-order chi connectivity index (χ0) is 13.1. The predicted molar refractivity (Wildman–Crippen MR) is 75.9 cm³/mol. The molecule has 0 radical (unpaired) electrons. The molecule has 0 spiro atoms. The number of halogens is 1. The smallest absolute Gasteiger partial charge is 0.0705 e. The Morgan fingerprint density at radius 1 is 1.33 bits per heavy atom. The summed E-state index contributed by atoms with van der Waals surface area (Å²) in [4.78, 5) is 3.29. The number of H-pyrrole nitrogens is 1. The molecule has 1 unspecified atom stereocenters. The molecule has 0 saturated carbocycles. The summed E-state index contributed by atoms with van der Waals surface area (Å²) in [7, 11) is 0. The average molecular weight is 267 g/mol. The number of hydrogen-bond donors (Lipinski definition) is 3. The maximum absolute atomic E-state index is 9.71. The van der Waals surface area contributed by atoms with Crippen molar-refractivity contribution in [2.45, 2.75) is 26.5 Å². The van der Waals surface area contributed by atoms with Crippen molar-refractivity contribution in [1.82, 2.24) is 10.3 Å². The van der Waals surface area contributed by atoms with Gasteiger partial charge in [0.2, 0.25) is 0 Å². The molecule has 1 aromatic carbocycles. The van der Waals surface area contributed by atoms with Crippen LogP contribution in [0.3, 0.4) is 0 Å². The normalized spacial score (nSPS) is 13.4. The molecule has 2 aromatic rings. The lowest BCUT2D eigenvalue weighted by atomic mass is 10.1. The molecule has 0 amide bonds. The van der Waals surface area contributed by atoms with Crippen LogP contribution in [-0.2, 0) is 6.54 Å². The molecule has 0 fully saturated rings. The van der Waals surface area contributed by atoms with Gasteiger partial charge in [0.05, 0.1) is 11.1 Å². The zero-order valence-electron chi connectivity index (χ0n) is 10.7. The van der Waals surface area contributed by atoms with Gasteiger partial charge in [-0.05, 0) is 12.0 Å². The number of hydrogen-bond acceptors (Lipinski definition) is 2. The van der Waals surface area contributed by atoms with Gasteiger partial charge < -0.3 is 15.4 Å². The number of para-hydroxylation sites is 1. The minimum atomic E-state index is -0.326. The first kappa shape index (κ1) is 13.4. The van der Waals surface area contributed by atoms with Gasteiger partial charge in [-0.15, -0.1) is 0 Å². The Kier molecular flexibility index (Phi) is 4.27. The van der Waals surface area contributed by atoms with Gasteiger partial charge in [-0.1, -0.05) is 43.6 Å². The molecule has 3 nitrogen and oxygen atoms in total. The van der Waals surface area contributed by atoms with Crippen LogP contribution in [0.4, 0.5) is 0 Å². The van der Waals surface area contributed by atoms with Crippen molar-refractivity contribution in [3.63, 3.8) is 0 Å². The van der Waals surface area contributed by atoms with Gasteiger partial charge in [0.15, 0.2) is 0 Å². The highest BCUT2D eigenvalue weighted by Crippen LogP contribution is 2.26. The third-order valence-electron chi connectivity index (χ3n) is 3.14. The van der Waals surface area contributed by atoms with Crippen molar-refractivity contribution in [3.05, 3.63) is 35.0 Å². The highest BCUT2D eigenvalue weighted by Gasteiger charge is 2.11. The van der Waals surface area contributed by atoms with Gasteiger partial charge in [-0.3, -0.25) is 0 Å². The molecule has 3 N–H and O–H groups in total. The molecule has 4 heteroatoms. The molecule has 0 bridgehead atoms. The monoisotopic (exact) mass is 266 g/mol. The molecule has 0 aliphatic carbocycles. The second-order valence-corrected chi connectivity index (χ2v) is 5.28. The van der Waals surface area contributed by atoms with E-state index in [0.29, 0.717) is 13.1 Å². The third-order valence-corrected chi connectivity index (χ3v) is 3.57. The van der Waals surface area contributed by atoms with Crippen molar-refractivity contribution in [2.75, 3.05) is 6.54 Å². The number of aromatic amines is 1. The van der Waals surface area contributed by atoms with Crippen LogP contribution < -0.4 is 5.32 Å². The van der Waals surface area contributed by atoms with Gasteiger partial charge >= 0.3 is 0 Å². The summed E-state index contributed by atoms with van der Waals surface area (Å²) in [5, 5.41) is 14.7. The van der Waals surface area contributed by atoms with E-state index in [1.54, 1.807) is 0 Å². The third kappa shape index (κ3) is 2.86. The predicted octanol–water partition coefficient (Wildman–Crippen LogP) is 2.93. The lowest BCUT2D eigenvalue weighted by Crippen LogP contribution is -2.30. The molecule has 1 heterocycles. The van der Waals surface area contributed by atoms with E-state index in [2.05, 4.69) is 10.3 Å². The van der Waals surface area contributed by atoms with Crippen LogP contribution in [0.15, 0.2) is 24.3 Å². The molecular formula is C14H19ClN2O. The first-order valence-electron chi connectivity index (χ1n) is 6.23. The summed E-state index contributed by atoms with van der Waals surface area (Å²) in [5.41, 5.74) is 2.01. The summed E-state index contributed by atoms with van der Waals surface area (Å²) in [6.07, 6.45) is -0.326. The van der Waals surface area contributed by atoms with E-state index < -0.39 is 0 Å². The number of nitrogens with one attached hydrogen (secondary N) is 2. The number of aliphatic hydroxyl groups is 1. The Bertz CT molecular complexity index is 521. The van der Waals surface area contributed by atoms with Crippen molar-refractivity contribution in [2.24, 2.45) is 5.92 Å². The maximum Gasteiger partial charge on any atom is 0.0705 e. The van der Waals surface area contributed by atoms with Crippen molar-refractivity contribution < 1.29 is 5.11 Å². The highest BCUT2D eigenvalue weighted by molar-refractivity contribution is 6.36. The largest absolute Gasteiger partial charge is 0.392 e. The van der Waals surface area contributed by atoms with Gasteiger partial charge in [0.1, 0.15) is 0 Å². The Hall–Kier alpha value is -1.03. The fourth-order valence-corrected chi connectivity index (χ4v) is 2.14. The number of benzene rings is 1. The fraction of sp³-hybridized carbons (Fsp3) is 0.429. The molecule has 1 atom stereocenters. The molecule has 0 saturated heterocycles. The minimum absolute atomic E-state index is 0.260. The molecular weight excluding hydrogens is 248 g/mol. The van der Waals surface area contributed by atoms with Crippen LogP contribution >= 0.6 is 11.6 Å². The van der Waals surface area contributed by atoms with E-state index >= 15 is 0 Å². The quantitative estimate of drug-likeness (QED) is 0.779. The summed E-state index contributed by atoms with van der Waals surface area (Å²) in [6.45, 7) is 5.21. The Labute approximate surface area is 112 Å². The number of aromatic nitrogens is 1. The topological polar surface area (TPSA) is 48.0 Å². The molecule has 98 valence electrons. The second-order valence-electron chi connectivity index (χ2n) is 4.91. The first-order valence-corrected chi connectivity index (χ1v) is 6.61. The SMILES string of the molecule is CC(C)C(O)CNCc1[nH]c2ccccc2c1Cl. The highest BCUT2D eigenvalue weighted by atomic mass is 35.5. The van der Waals surface area contributed by atoms with Crippen LogP contribution in [0.1, 0.15) is 19.5 Å². The summed E-state index contributed by atoms with van der Waals surface area (Å²) >= 11 is 6.30.